The van der Waals surface area contributed by atoms with Crippen LogP contribution < -0.4 is 0 Å². The summed E-state index contributed by atoms with van der Waals surface area (Å²) in [7, 11) is 1.93. The van der Waals surface area contributed by atoms with Crippen molar-refractivity contribution in [2.75, 3.05) is 0 Å². The lowest BCUT2D eigenvalue weighted by Crippen LogP contribution is -2.37. The van der Waals surface area contributed by atoms with E-state index in [2.05, 4.69) is 40.4 Å². The molecule has 0 saturated heterocycles. The number of thiazole rings is 1. The van der Waals surface area contributed by atoms with Crippen LogP contribution in [0.3, 0.4) is 0 Å². The molecular formula is C21H24N4OS. The number of rotatable bonds is 5. The number of hydrogen-bond donors (Lipinski definition) is 0. The molecule has 0 fully saturated rings. The Hall–Kier alpha value is -2.47. The van der Waals surface area contributed by atoms with E-state index in [4.69, 9.17) is 0 Å². The van der Waals surface area contributed by atoms with Gasteiger partial charge in [-0.3, -0.25) is 9.48 Å². The highest BCUT2D eigenvalue weighted by Gasteiger charge is 2.29. The first kappa shape index (κ1) is 17.9. The number of benzene rings is 1. The van der Waals surface area contributed by atoms with Crippen LogP contribution in [-0.2, 0) is 37.8 Å². The summed E-state index contributed by atoms with van der Waals surface area (Å²) in [5.74, 6) is 0.243. The number of hydrogen-bond acceptors (Lipinski definition) is 4. The third-order valence-corrected chi connectivity index (χ3v) is 6.10. The van der Waals surface area contributed by atoms with Crippen LogP contribution in [0.5, 0.6) is 0 Å². The molecule has 6 heteroatoms. The fraction of sp³-hybridized carbons (Fsp3) is 0.381. The van der Waals surface area contributed by atoms with Gasteiger partial charge in [-0.25, -0.2) is 4.98 Å². The molecule has 0 bridgehead atoms. The molecule has 0 radical (unpaired) electrons. The summed E-state index contributed by atoms with van der Waals surface area (Å²) in [4.78, 5) is 19.7. The molecule has 1 aliphatic carbocycles. The van der Waals surface area contributed by atoms with E-state index in [-0.39, 0.29) is 11.8 Å². The highest BCUT2D eigenvalue weighted by atomic mass is 32.1. The molecule has 0 unspecified atom stereocenters. The normalized spacial score (nSPS) is 16.1. The molecule has 2 heterocycles. The predicted octanol–water partition coefficient (Wildman–Crippen LogP) is 3.52. The van der Waals surface area contributed by atoms with Gasteiger partial charge in [0.15, 0.2) is 0 Å². The first-order valence-corrected chi connectivity index (χ1v) is 10.2. The number of fused-ring (bicyclic) bond motifs is 1. The third kappa shape index (κ3) is 3.95. The Labute approximate surface area is 163 Å². The topological polar surface area (TPSA) is 51.0 Å². The molecule has 27 heavy (non-hydrogen) atoms. The average Bonchev–Trinajstić information content (AvgIpc) is 3.30. The fourth-order valence-corrected chi connectivity index (χ4v) is 4.41. The Morgan fingerprint density at radius 2 is 2.11 bits per heavy atom. The standard InChI is InChI=1S/C21H24N4OS/c1-15-11-19(23-24(15)2)13-25(14-20-22-9-10-27-20)21(26)18-8-7-16-5-3-4-6-17(16)12-18/h3-6,9-11,18H,7-8,12-14H2,1-2H3/t18-/m1/s1. The fourth-order valence-electron chi connectivity index (χ4n) is 3.78. The minimum Gasteiger partial charge on any atom is -0.330 e. The minimum atomic E-state index is 0.0321. The molecule has 2 aromatic heterocycles. The Kier molecular flexibility index (Phi) is 5.07. The highest BCUT2D eigenvalue weighted by molar-refractivity contribution is 7.09. The average molecular weight is 381 g/mol. The summed E-state index contributed by atoms with van der Waals surface area (Å²) in [6.07, 6.45) is 4.50. The number of carbonyl (C=O) groups is 1. The molecular weight excluding hydrogens is 356 g/mol. The first-order valence-electron chi connectivity index (χ1n) is 9.33. The van der Waals surface area contributed by atoms with Crippen molar-refractivity contribution in [3.05, 3.63) is 69.4 Å². The van der Waals surface area contributed by atoms with Crippen LogP contribution in [0.15, 0.2) is 41.9 Å². The number of aromatic nitrogens is 3. The lowest BCUT2D eigenvalue weighted by molar-refractivity contribution is -0.137. The Bertz CT molecular complexity index is 912. The number of aryl methyl sites for hydroxylation is 3. The van der Waals surface area contributed by atoms with Crippen molar-refractivity contribution in [1.82, 2.24) is 19.7 Å². The summed E-state index contributed by atoms with van der Waals surface area (Å²) in [5, 5.41) is 7.47. The summed E-state index contributed by atoms with van der Waals surface area (Å²) < 4.78 is 1.86. The molecule has 0 saturated carbocycles. The van der Waals surface area contributed by atoms with Crippen LogP contribution in [0.4, 0.5) is 0 Å². The smallest absolute Gasteiger partial charge is 0.226 e. The van der Waals surface area contributed by atoms with Gasteiger partial charge in [0.1, 0.15) is 5.01 Å². The van der Waals surface area contributed by atoms with Gasteiger partial charge in [0.05, 0.1) is 18.8 Å². The predicted molar refractivity (Wildman–Crippen MR) is 106 cm³/mol. The van der Waals surface area contributed by atoms with Crippen molar-refractivity contribution < 1.29 is 4.79 Å². The van der Waals surface area contributed by atoms with E-state index in [1.54, 1.807) is 17.5 Å². The second-order valence-electron chi connectivity index (χ2n) is 7.23. The zero-order valence-electron chi connectivity index (χ0n) is 15.8. The largest absolute Gasteiger partial charge is 0.330 e. The Balaban J connectivity index is 1.55. The van der Waals surface area contributed by atoms with Gasteiger partial charge in [0, 0.05) is 30.2 Å². The SMILES string of the molecule is Cc1cc(CN(Cc2nccs2)C(=O)[C@@H]2CCc3ccccc3C2)nn1C. The summed E-state index contributed by atoms with van der Waals surface area (Å²) in [6.45, 7) is 3.10. The molecule has 5 nitrogen and oxygen atoms in total. The Morgan fingerprint density at radius 3 is 2.81 bits per heavy atom. The molecule has 0 aliphatic heterocycles. The van der Waals surface area contributed by atoms with E-state index in [0.717, 1.165) is 35.7 Å². The van der Waals surface area contributed by atoms with E-state index in [1.807, 2.05) is 28.9 Å². The maximum Gasteiger partial charge on any atom is 0.226 e. The molecule has 140 valence electrons. The molecule has 3 aromatic rings. The van der Waals surface area contributed by atoms with E-state index in [1.165, 1.54) is 11.1 Å². The van der Waals surface area contributed by atoms with Gasteiger partial charge in [-0.1, -0.05) is 24.3 Å². The summed E-state index contributed by atoms with van der Waals surface area (Å²) in [5.41, 5.74) is 4.72. The van der Waals surface area contributed by atoms with E-state index in [0.29, 0.717) is 13.1 Å². The van der Waals surface area contributed by atoms with Crippen LogP contribution in [0.1, 0.15) is 33.9 Å². The zero-order valence-corrected chi connectivity index (χ0v) is 16.6. The molecule has 0 spiro atoms. The molecule has 1 amide bonds. The van der Waals surface area contributed by atoms with Gasteiger partial charge in [0.25, 0.3) is 0 Å². The van der Waals surface area contributed by atoms with Crippen LogP contribution in [0.2, 0.25) is 0 Å². The van der Waals surface area contributed by atoms with Gasteiger partial charge in [0.2, 0.25) is 5.91 Å². The van der Waals surface area contributed by atoms with Gasteiger partial charge >= 0.3 is 0 Å². The third-order valence-electron chi connectivity index (χ3n) is 5.33. The first-order chi connectivity index (χ1) is 13.1. The molecule has 4 rings (SSSR count). The van der Waals surface area contributed by atoms with Crippen LogP contribution in [0.25, 0.3) is 0 Å². The van der Waals surface area contributed by atoms with Crippen molar-refractivity contribution in [2.45, 2.75) is 39.3 Å². The highest BCUT2D eigenvalue weighted by Crippen LogP contribution is 2.28. The zero-order chi connectivity index (χ0) is 18.8. The Morgan fingerprint density at radius 1 is 1.30 bits per heavy atom. The van der Waals surface area contributed by atoms with Crippen molar-refractivity contribution in [1.29, 1.82) is 0 Å². The quantitative estimate of drug-likeness (QED) is 0.680. The lowest BCUT2D eigenvalue weighted by Gasteiger charge is -2.29. The van der Waals surface area contributed by atoms with E-state index >= 15 is 0 Å². The van der Waals surface area contributed by atoms with Crippen molar-refractivity contribution in [2.24, 2.45) is 13.0 Å². The van der Waals surface area contributed by atoms with Crippen LogP contribution in [0, 0.1) is 12.8 Å². The van der Waals surface area contributed by atoms with Crippen molar-refractivity contribution in [3.63, 3.8) is 0 Å². The second-order valence-corrected chi connectivity index (χ2v) is 8.21. The van der Waals surface area contributed by atoms with E-state index in [9.17, 15) is 4.79 Å². The van der Waals surface area contributed by atoms with Gasteiger partial charge < -0.3 is 4.90 Å². The maximum atomic E-state index is 13.4. The lowest BCUT2D eigenvalue weighted by atomic mass is 9.83. The summed E-state index contributed by atoms with van der Waals surface area (Å²) in [6, 6.07) is 10.5. The molecule has 0 N–H and O–H groups in total. The van der Waals surface area contributed by atoms with E-state index < -0.39 is 0 Å². The minimum absolute atomic E-state index is 0.0321. The van der Waals surface area contributed by atoms with Crippen molar-refractivity contribution >= 4 is 17.2 Å². The van der Waals surface area contributed by atoms with Crippen LogP contribution >= 0.6 is 11.3 Å². The van der Waals surface area contributed by atoms with Gasteiger partial charge in [-0.15, -0.1) is 11.3 Å². The second kappa shape index (κ2) is 7.64. The number of nitrogens with zero attached hydrogens (tertiary/aromatic N) is 4. The summed E-state index contributed by atoms with van der Waals surface area (Å²) >= 11 is 1.59. The van der Waals surface area contributed by atoms with Crippen LogP contribution in [-0.4, -0.2) is 25.6 Å². The molecule has 1 atom stereocenters. The maximum absolute atomic E-state index is 13.4. The number of amides is 1. The van der Waals surface area contributed by atoms with Crippen molar-refractivity contribution in [3.8, 4) is 0 Å². The molecule has 1 aliphatic rings. The molecule has 1 aromatic carbocycles. The number of carbonyl (C=O) groups excluding carboxylic acids is 1. The van der Waals surface area contributed by atoms with Gasteiger partial charge in [-0.2, -0.15) is 5.10 Å². The monoisotopic (exact) mass is 380 g/mol. The van der Waals surface area contributed by atoms with Gasteiger partial charge in [-0.05, 0) is 43.4 Å².